The minimum Gasteiger partial charge on any atom is -0.497 e. The van der Waals surface area contributed by atoms with Gasteiger partial charge in [-0.1, -0.05) is 31.7 Å². The summed E-state index contributed by atoms with van der Waals surface area (Å²) in [5.74, 6) is 0.899. The Bertz CT molecular complexity index is 724. The topological polar surface area (TPSA) is 64.6 Å². The van der Waals surface area contributed by atoms with Crippen LogP contribution >= 0.6 is 0 Å². The van der Waals surface area contributed by atoms with Gasteiger partial charge in [-0.25, -0.2) is 4.79 Å². The van der Waals surface area contributed by atoms with Crippen molar-refractivity contribution in [1.29, 1.82) is 0 Å². The molecule has 2 aliphatic carbocycles. The van der Waals surface area contributed by atoms with E-state index in [9.17, 15) is 9.59 Å². The molecule has 0 aromatic rings. The number of ether oxygens (including phenoxy) is 2. The van der Waals surface area contributed by atoms with Crippen LogP contribution in [0, 0.1) is 11.8 Å². The van der Waals surface area contributed by atoms with Gasteiger partial charge in [-0.3, -0.25) is 4.79 Å². The van der Waals surface area contributed by atoms with Crippen molar-refractivity contribution >= 4 is 11.9 Å². The first-order chi connectivity index (χ1) is 12.4. The van der Waals surface area contributed by atoms with Crippen LogP contribution in [0.3, 0.4) is 0 Å². The molecule has 5 nitrogen and oxygen atoms in total. The summed E-state index contributed by atoms with van der Waals surface area (Å²) in [4.78, 5) is 23.7. The zero-order chi connectivity index (χ0) is 19.1. The molecule has 5 heteroatoms. The molecule has 2 rings (SSSR count). The van der Waals surface area contributed by atoms with Gasteiger partial charge in [-0.15, -0.1) is 0 Å². The van der Waals surface area contributed by atoms with Gasteiger partial charge in [0.2, 0.25) is 5.91 Å². The highest BCUT2D eigenvalue weighted by molar-refractivity contribution is 5.88. The van der Waals surface area contributed by atoms with Crippen molar-refractivity contribution in [3.05, 3.63) is 72.3 Å². The van der Waals surface area contributed by atoms with E-state index < -0.39 is 5.97 Å². The monoisotopic (exact) mass is 355 g/mol. The maximum Gasteiger partial charge on any atom is 0.338 e. The fourth-order valence-corrected chi connectivity index (χ4v) is 2.57. The lowest BCUT2D eigenvalue weighted by atomic mass is 9.96. The maximum atomic E-state index is 12.2. The molecule has 138 valence electrons. The maximum absolute atomic E-state index is 12.2. The third kappa shape index (κ3) is 5.62. The summed E-state index contributed by atoms with van der Waals surface area (Å²) in [6, 6.07) is -0.152. The van der Waals surface area contributed by atoms with Crippen molar-refractivity contribution in [3.63, 3.8) is 0 Å². The average Bonchev–Trinajstić information content (AvgIpc) is 2.62. The van der Waals surface area contributed by atoms with E-state index in [1.54, 1.807) is 26.2 Å². The van der Waals surface area contributed by atoms with Gasteiger partial charge in [0.05, 0.1) is 13.2 Å². The minimum atomic E-state index is -0.454. The molecule has 0 heterocycles. The van der Waals surface area contributed by atoms with Crippen molar-refractivity contribution in [2.24, 2.45) is 11.8 Å². The van der Waals surface area contributed by atoms with Crippen molar-refractivity contribution in [1.82, 2.24) is 5.32 Å². The van der Waals surface area contributed by atoms with Crippen LogP contribution in [0.2, 0.25) is 0 Å². The molecule has 2 aliphatic rings. The molecule has 0 saturated carbocycles. The molecule has 0 aromatic carbocycles. The van der Waals surface area contributed by atoms with Gasteiger partial charge in [0.15, 0.2) is 0 Å². The lowest BCUT2D eigenvalue weighted by Gasteiger charge is -2.23. The smallest absolute Gasteiger partial charge is 0.338 e. The van der Waals surface area contributed by atoms with Gasteiger partial charge in [0.1, 0.15) is 11.5 Å². The first-order valence-corrected chi connectivity index (χ1v) is 8.57. The van der Waals surface area contributed by atoms with Gasteiger partial charge in [-0.05, 0) is 49.6 Å². The van der Waals surface area contributed by atoms with E-state index in [1.165, 1.54) is 0 Å². The van der Waals surface area contributed by atoms with Gasteiger partial charge in [-0.2, -0.15) is 0 Å². The average molecular weight is 355 g/mol. The molecule has 0 bridgehead atoms. The van der Waals surface area contributed by atoms with Crippen molar-refractivity contribution in [2.45, 2.75) is 26.3 Å². The highest BCUT2D eigenvalue weighted by atomic mass is 16.5. The van der Waals surface area contributed by atoms with Gasteiger partial charge >= 0.3 is 5.97 Å². The first kappa shape index (κ1) is 19.5. The number of carbonyl (C=O) groups excluding carboxylic acids is 2. The standard InChI is InChI=1S/C21H25NO4/c1-14(2)21(24)26-18-10-11-19(15(3)13-18)22-20(23)12-7-16-5-8-17(25-4)9-6-16/h5,7-13,15-16,19H,1,6H2,2-4H3,(H,22,23)/b12-7+. The number of nitrogens with one attached hydrogen (secondary N) is 1. The molecule has 0 fully saturated rings. The molecule has 3 unspecified atom stereocenters. The third-order valence-electron chi connectivity index (χ3n) is 4.16. The second-order valence-electron chi connectivity index (χ2n) is 6.42. The van der Waals surface area contributed by atoms with Crippen molar-refractivity contribution < 1.29 is 19.1 Å². The summed E-state index contributed by atoms with van der Waals surface area (Å²) < 4.78 is 10.4. The Kier molecular flexibility index (Phi) is 6.78. The molecule has 0 aliphatic heterocycles. The summed E-state index contributed by atoms with van der Waals surface area (Å²) in [5.41, 5.74) is 0.344. The van der Waals surface area contributed by atoms with E-state index in [1.807, 2.05) is 43.4 Å². The summed E-state index contributed by atoms with van der Waals surface area (Å²) in [5, 5.41) is 2.95. The minimum absolute atomic E-state index is 0.00652. The van der Waals surface area contributed by atoms with Crippen LogP contribution in [0.15, 0.2) is 72.3 Å². The van der Waals surface area contributed by atoms with Crippen LogP contribution in [0.5, 0.6) is 0 Å². The van der Waals surface area contributed by atoms with E-state index in [2.05, 4.69) is 11.9 Å². The van der Waals surface area contributed by atoms with Crippen LogP contribution in [0.4, 0.5) is 0 Å². The van der Waals surface area contributed by atoms with Crippen LogP contribution in [0.1, 0.15) is 20.3 Å². The zero-order valence-corrected chi connectivity index (χ0v) is 15.4. The Morgan fingerprint density at radius 1 is 1.27 bits per heavy atom. The molecule has 1 N–H and O–H groups in total. The number of amides is 1. The molecule has 0 spiro atoms. The van der Waals surface area contributed by atoms with Crippen LogP contribution in [-0.2, 0) is 19.1 Å². The number of hydrogen-bond donors (Lipinski definition) is 1. The largest absolute Gasteiger partial charge is 0.497 e. The van der Waals surface area contributed by atoms with Crippen LogP contribution < -0.4 is 5.32 Å². The van der Waals surface area contributed by atoms with E-state index in [4.69, 9.17) is 9.47 Å². The highest BCUT2D eigenvalue weighted by Gasteiger charge is 2.20. The molecular weight excluding hydrogens is 330 g/mol. The fraction of sp³-hybridized carbons (Fsp3) is 0.333. The summed E-state index contributed by atoms with van der Waals surface area (Å²) >= 11 is 0. The molecule has 3 atom stereocenters. The number of carbonyl (C=O) groups is 2. The Morgan fingerprint density at radius 3 is 2.58 bits per heavy atom. The number of methoxy groups -OCH3 is 1. The Balaban J connectivity index is 1.84. The summed E-state index contributed by atoms with van der Waals surface area (Å²) in [6.07, 6.45) is 15.5. The second kappa shape index (κ2) is 9.04. The Hall–Kier alpha value is -2.82. The lowest BCUT2D eigenvalue weighted by molar-refractivity contribution is -0.134. The molecule has 0 radical (unpaired) electrons. The van der Waals surface area contributed by atoms with E-state index in [0.717, 1.165) is 12.2 Å². The molecule has 0 aromatic heterocycles. The number of rotatable bonds is 6. The predicted molar refractivity (Wildman–Crippen MR) is 101 cm³/mol. The third-order valence-corrected chi connectivity index (χ3v) is 4.16. The van der Waals surface area contributed by atoms with Gasteiger partial charge in [0.25, 0.3) is 0 Å². The fourth-order valence-electron chi connectivity index (χ4n) is 2.57. The summed E-state index contributed by atoms with van der Waals surface area (Å²) in [6.45, 7) is 7.11. The SMILES string of the molecule is C=C(C)C(=O)OC1=CC(C)C(NC(=O)/C=C/C2C=CC(OC)=CC2)C=C1. The van der Waals surface area contributed by atoms with Crippen LogP contribution in [0.25, 0.3) is 0 Å². The number of allylic oxidation sites excluding steroid dienone is 5. The van der Waals surface area contributed by atoms with Gasteiger partial charge < -0.3 is 14.8 Å². The zero-order valence-electron chi connectivity index (χ0n) is 15.4. The first-order valence-electron chi connectivity index (χ1n) is 8.57. The van der Waals surface area contributed by atoms with Gasteiger partial charge in [0, 0.05) is 11.5 Å². The highest BCUT2D eigenvalue weighted by Crippen LogP contribution is 2.20. The van der Waals surface area contributed by atoms with Crippen LogP contribution in [-0.4, -0.2) is 25.0 Å². The number of hydrogen-bond acceptors (Lipinski definition) is 4. The second-order valence-corrected chi connectivity index (χ2v) is 6.42. The van der Waals surface area contributed by atoms with E-state index >= 15 is 0 Å². The molecule has 0 saturated heterocycles. The summed E-state index contributed by atoms with van der Waals surface area (Å²) in [7, 11) is 1.64. The Morgan fingerprint density at radius 2 is 2.00 bits per heavy atom. The molecular formula is C21H25NO4. The van der Waals surface area contributed by atoms with E-state index in [0.29, 0.717) is 11.3 Å². The van der Waals surface area contributed by atoms with Crippen molar-refractivity contribution in [2.75, 3.05) is 7.11 Å². The van der Waals surface area contributed by atoms with Crippen molar-refractivity contribution in [3.8, 4) is 0 Å². The number of esters is 1. The predicted octanol–water partition coefficient (Wildman–Crippen LogP) is 3.34. The molecule has 1 amide bonds. The lowest BCUT2D eigenvalue weighted by Crippen LogP contribution is -2.37. The van der Waals surface area contributed by atoms with E-state index in [-0.39, 0.29) is 23.8 Å². The molecule has 26 heavy (non-hydrogen) atoms. The Labute approximate surface area is 154 Å². The quantitative estimate of drug-likeness (QED) is 0.586. The normalized spacial score (nSPS) is 24.7.